The molecular formula is C10H21NO. The van der Waals surface area contributed by atoms with Crippen molar-refractivity contribution in [3.05, 3.63) is 12.7 Å². The van der Waals surface area contributed by atoms with Crippen molar-refractivity contribution in [1.82, 2.24) is 5.32 Å². The molecule has 0 aliphatic carbocycles. The first-order valence-electron chi connectivity index (χ1n) is 4.58. The van der Waals surface area contributed by atoms with Crippen LogP contribution in [-0.2, 0) is 0 Å². The average molecular weight is 171 g/mol. The van der Waals surface area contributed by atoms with Gasteiger partial charge in [-0.3, -0.25) is 0 Å². The molecule has 72 valence electrons. The second-order valence-corrected chi connectivity index (χ2v) is 3.66. The first-order valence-corrected chi connectivity index (χ1v) is 4.58. The molecule has 2 N–H and O–H groups in total. The summed E-state index contributed by atoms with van der Waals surface area (Å²) in [5.41, 5.74) is -0.574. The molecule has 2 nitrogen and oxygen atoms in total. The fourth-order valence-electron chi connectivity index (χ4n) is 0.852. The third-order valence-corrected chi connectivity index (χ3v) is 2.11. The first kappa shape index (κ1) is 11.7. The van der Waals surface area contributed by atoms with E-state index in [9.17, 15) is 5.11 Å². The van der Waals surface area contributed by atoms with Crippen LogP contribution in [0.4, 0.5) is 0 Å². The normalized spacial score (nSPS) is 18.3. The Balaban J connectivity index is 3.59. The van der Waals surface area contributed by atoms with Crippen molar-refractivity contribution < 1.29 is 5.11 Å². The van der Waals surface area contributed by atoms with Gasteiger partial charge in [-0.15, -0.1) is 6.58 Å². The van der Waals surface area contributed by atoms with Crippen molar-refractivity contribution >= 4 is 0 Å². The molecule has 0 radical (unpaired) electrons. The number of hydrogen-bond donors (Lipinski definition) is 2. The monoisotopic (exact) mass is 171 g/mol. The molecule has 0 spiro atoms. The van der Waals surface area contributed by atoms with Crippen molar-refractivity contribution in [3.8, 4) is 0 Å². The predicted octanol–water partition coefficient (Wildman–Crippen LogP) is 1.70. The number of hydrogen-bond acceptors (Lipinski definition) is 2. The van der Waals surface area contributed by atoms with E-state index in [1.54, 1.807) is 0 Å². The Kier molecular flexibility index (Phi) is 5.18. The van der Waals surface area contributed by atoms with E-state index in [0.29, 0.717) is 12.6 Å². The van der Waals surface area contributed by atoms with Gasteiger partial charge < -0.3 is 10.4 Å². The Bertz CT molecular complexity index is 132. The quantitative estimate of drug-likeness (QED) is 0.596. The van der Waals surface area contributed by atoms with Crippen molar-refractivity contribution in [3.63, 3.8) is 0 Å². The lowest BCUT2D eigenvalue weighted by Crippen LogP contribution is -2.40. The van der Waals surface area contributed by atoms with E-state index >= 15 is 0 Å². The van der Waals surface area contributed by atoms with Gasteiger partial charge in [0.2, 0.25) is 0 Å². The molecule has 2 unspecified atom stereocenters. The highest BCUT2D eigenvalue weighted by Crippen LogP contribution is 2.06. The van der Waals surface area contributed by atoms with Gasteiger partial charge in [-0.1, -0.05) is 13.0 Å². The molecule has 0 aliphatic rings. The highest BCUT2D eigenvalue weighted by Gasteiger charge is 2.17. The van der Waals surface area contributed by atoms with Gasteiger partial charge in [-0.05, 0) is 26.7 Å². The SMILES string of the molecule is C=CCC(C)NCC(C)(O)CC. The van der Waals surface area contributed by atoms with Crippen molar-refractivity contribution in [2.45, 2.75) is 45.3 Å². The van der Waals surface area contributed by atoms with Gasteiger partial charge in [-0.25, -0.2) is 0 Å². The van der Waals surface area contributed by atoms with Crippen LogP contribution in [-0.4, -0.2) is 23.3 Å². The van der Waals surface area contributed by atoms with E-state index in [4.69, 9.17) is 0 Å². The van der Waals surface area contributed by atoms with Crippen LogP contribution < -0.4 is 5.32 Å². The molecule has 2 atom stereocenters. The maximum absolute atomic E-state index is 9.65. The molecule has 0 heterocycles. The van der Waals surface area contributed by atoms with E-state index in [0.717, 1.165) is 12.8 Å². The maximum Gasteiger partial charge on any atom is 0.0741 e. The molecule has 0 aliphatic heterocycles. The van der Waals surface area contributed by atoms with Gasteiger partial charge in [0, 0.05) is 12.6 Å². The number of aliphatic hydroxyl groups is 1. The topological polar surface area (TPSA) is 32.3 Å². The zero-order valence-electron chi connectivity index (χ0n) is 8.43. The minimum Gasteiger partial charge on any atom is -0.389 e. The van der Waals surface area contributed by atoms with Crippen LogP contribution in [0.15, 0.2) is 12.7 Å². The molecule has 2 heteroatoms. The Morgan fingerprint density at radius 1 is 1.67 bits per heavy atom. The summed E-state index contributed by atoms with van der Waals surface area (Å²) in [6, 6.07) is 0.403. The summed E-state index contributed by atoms with van der Waals surface area (Å²) < 4.78 is 0. The Morgan fingerprint density at radius 3 is 2.67 bits per heavy atom. The molecule has 0 bridgehead atoms. The third-order valence-electron chi connectivity index (χ3n) is 2.11. The molecule has 0 rings (SSSR count). The molecule has 0 aromatic heterocycles. The van der Waals surface area contributed by atoms with Crippen LogP contribution in [0.3, 0.4) is 0 Å². The molecule has 12 heavy (non-hydrogen) atoms. The van der Waals surface area contributed by atoms with Crippen LogP contribution in [0, 0.1) is 0 Å². The number of rotatable bonds is 6. The average Bonchev–Trinajstić information content (AvgIpc) is 2.02. The molecule has 0 aromatic rings. The molecule has 0 amide bonds. The summed E-state index contributed by atoms with van der Waals surface area (Å²) in [6.45, 7) is 10.2. The second kappa shape index (κ2) is 5.33. The minimum atomic E-state index is -0.574. The van der Waals surface area contributed by atoms with E-state index in [1.165, 1.54) is 0 Å². The fourth-order valence-corrected chi connectivity index (χ4v) is 0.852. The lowest BCUT2D eigenvalue weighted by Gasteiger charge is -2.24. The minimum absolute atomic E-state index is 0.403. The van der Waals surface area contributed by atoms with Crippen LogP contribution in [0.2, 0.25) is 0 Å². The maximum atomic E-state index is 9.65. The van der Waals surface area contributed by atoms with E-state index in [-0.39, 0.29) is 0 Å². The van der Waals surface area contributed by atoms with Gasteiger partial charge >= 0.3 is 0 Å². The Hall–Kier alpha value is -0.340. The zero-order valence-corrected chi connectivity index (χ0v) is 8.43. The summed E-state index contributed by atoms with van der Waals surface area (Å²) in [5, 5.41) is 12.9. The fraction of sp³-hybridized carbons (Fsp3) is 0.800. The van der Waals surface area contributed by atoms with Crippen LogP contribution in [0.5, 0.6) is 0 Å². The summed E-state index contributed by atoms with van der Waals surface area (Å²) in [6.07, 6.45) is 3.61. The second-order valence-electron chi connectivity index (χ2n) is 3.66. The molecule has 0 saturated heterocycles. The zero-order chi connectivity index (χ0) is 9.61. The standard InChI is InChI=1S/C10H21NO/c1-5-7-9(3)11-8-10(4,12)6-2/h5,9,11-12H,1,6-8H2,2-4H3. The van der Waals surface area contributed by atoms with Gasteiger partial charge in [-0.2, -0.15) is 0 Å². The third kappa shape index (κ3) is 5.33. The highest BCUT2D eigenvalue weighted by molar-refractivity contribution is 4.79. The molecule has 0 aromatic carbocycles. The smallest absolute Gasteiger partial charge is 0.0741 e. The molecular weight excluding hydrogens is 150 g/mol. The summed E-state index contributed by atoms with van der Waals surface area (Å²) >= 11 is 0. The first-order chi connectivity index (χ1) is 5.52. The van der Waals surface area contributed by atoms with E-state index in [2.05, 4.69) is 18.8 Å². The Labute approximate surface area is 75.7 Å². The number of nitrogens with one attached hydrogen (secondary N) is 1. The largest absolute Gasteiger partial charge is 0.389 e. The van der Waals surface area contributed by atoms with Crippen molar-refractivity contribution in [2.75, 3.05) is 6.54 Å². The molecule has 0 fully saturated rings. The van der Waals surface area contributed by atoms with Gasteiger partial charge in [0.05, 0.1) is 5.60 Å². The summed E-state index contributed by atoms with van der Waals surface area (Å²) in [7, 11) is 0. The van der Waals surface area contributed by atoms with E-state index < -0.39 is 5.60 Å². The van der Waals surface area contributed by atoms with Crippen molar-refractivity contribution in [2.24, 2.45) is 0 Å². The summed E-state index contributed by atoms with van der Waals surface area (Å²) in [5.74, 6) is 0. The van der Waals surface area contributed by atoms with Crippen molar-refractivity contribution in [1.29, 1.82) is 0 Å². The highest BCUT2D eigenvalue weighted by atomic mass is 16.3. The van der Waals surface area contributed by atoms with Crippen LogP contribution >= 0.6 is 0 Å². The lowest BCUT2D eigenvalue weighted by molar-refractivity contribution is 0.0535. The summed E-state index contributed by atoms with van der Waals surface area (Å²) in [4.78, 5) is 0. The molecule has 0 saturated carbocycles. The van der Waals surface area contributed by atoms with Gasteiger partial charge in [0.15, 0.2) is 0 Å². The van der Waals surface area contributed by atoms with E-state index in [1.807, 2.05) is 19.9 Å². The lowest BCUT2D eigenvalue weighted by atomic mass is 10.0. The van der Waals surface area contributed by atoms with Gasteiger partial charge in [0.25, 0.3) is 0 Å². The Morgan fingerprint density at radius 2 is 2.25 bits per heavy atom. The van der Waals surface area contributed by atoms with Crippen LogP contribution in [0.1, 0.15) is 33.6 Å². The van der Waals surface area contributed by atoms with Crippen LogP contribution in [0.25, 0.3) is 0 Å². The van der Waals surface area contributed by atoms with Gasteiger partial charge in [0.1, 0.15) is 0 Å². The predicted molar refractivity (Wildman–Crippen MR) is 53.2 cm³/mol.